The highest BCUT2D eigenvalue weighted by molar-refractivity contribution is 8.01. The molecule has 1 aromatic heterocycles. The molecule has 2 bridgehead atoms. The molecule has 0 atom stereocenters. The second kappa shape index (κ2) is 6.06. The lowest BCUT2D eigenvalue weighted by atomic mass is 9.81. The van der Waals surface area contributed by atoms with Crippen LogP contribution in [0.4, 0.5) is 0 Å². The number of carbonyl (C=O) groups is 1. The topological polar surface area (TPSA) is 42.0 Å². The molecule has 0 aliphatic heterocycles. The molecule has 0 saturated heterocycles. The van der Waals surface area contributed by atoms with Gasteiger partial charge in [-0.2, -0.15) is 0 Å². The van der Waals surface area contributed by atoms with Crippen LogP contribution in [0, 0.1) is 11.3 Å². The number of nitrogens with one attached hydrogen (secondary N) is 1. The van der Waals surface area contributed by atoms with Crippen molar-refractivity contribution in [1.29, 1.82) is 0 Å². The van der Waals surface area contributed by atoms with Crippen LogP contribution in [0.2, 0.25) is 0 Å². The van der Waals surface area contributed by atoms with E-state index >= 15 is 0 Å². The molecule has 110 valence electrons. The van der Waals surface area contributed by atoms with Crippen molar-refractivity contribution in [2.75, 3.05) is 12.3 Å². The number of aromatic nitrogens is 1. The number of rotatable bonds is 6. The van der Waals surface area contributed by atoms with Gasteiger partial charge in [-0.05, 0) is 55.6 Å². The van der Waals surface area contributed by atoms with Gasteiger partial charge < -0.3 is 5.32 Å². The molecule has 0 spiro atoms. The Labute approximate surface area is 128 Å². The summed E-state index contributed by atoms with van der Waals surface area (Å²) in [7, 11) is 0. The van der Waals surface area contributed by atoms with Crippen LogP contribution in [0.1, 0.15) is 55.1 Å². The molecule has 1 aromatic rings. The van der Waals surface area contributed by atoms with E-state index in [1.165, 1.54) is 43.4 Å². The second-order valence-electron chi connectivity index (χ2n) is 6.08. The molecule has 2 aliphatic rings. The largest absolute Gasteiger partial charge is 0.351 e. The Balaban J connectivity index is 1.47. The number of hydrogen-bond acceptors (Lipinski definition) is 4. The number of thioether (sulfide) groups is 1. The summed E-state index contributed by atoms with van der Waals surface area (Å²) >= 11 is 3.19. The fourth-order valence-electron chi connectivity index (χ4n) is 3.74. The van der Waals surface area contributed by atoms with Gasteiger partial charge in [0.05, 0.1) is 6.20 Å². The van der Waals surface area contributed by atoms with Crippen molar-refractivity contribution in [1.82, 2.24) is 10.3 Å². The minimum absolute atomic E-state index is 0.0504. The zero-order chi connectivity index (χ0) is 14.0. The van der Waals surface area contributed by atoms with Crippen molar-refractivity contribution in [2.45, 2.75) is 49.8 Å². The normalized spacial score (nSPS) is 27.9. The smallest absolute Gasteiger partial charge is 0.263 e. The number of thiazole rings is 1. The first-order valence-corrected chi connectivity index (χ1v) is 9.38. The number of hydrogen-bond donors (Lipinski definition) is 1. The highest BCUT2D eigenvalue weighted by Crippen LogP contribution is 2.55. The average Bonchev–Trinajstić information content (AvgIpc) is 3.14. The van der Waals surface area contributed by atoms with Crippen LogP contribution in [-0.2, 0) is 0 Å². The van der Waals surface area contributed by atoms with E-state index in [0.29, 0.717) is 5.41 Å². The third-order valence-corrected chi connectivity index (χ3v) is 6.84. The molecule has 1 amide bonds. The van der Waals surface area contributed by atoms with E-state index < -0.39 is 0 Å². The number of fused-ring (bicyclic) bond motifs is 2. The molecule has 5 heteroatoms. The molecule has 3 nitrogen and oxygen atoms in total. The fourth-order valence-corrected chi connectivity index (χ4v) is 5.54. The Morgan fingerprint density at radius 1 is 1.55 bits per heavy atom. The molecule has 2 aliphatic carbocycles. The Hall–Kier alpha value is -0.550. The van der Waals surface area contributed by atoms with Crippen LogP contribution in [0.25, 0.3) is 0 Å². The first kappa shape index (κ1) is 14.4. The number of nitrogens with zero attached hydrogens (tertiary/aromatic N) is 1. The molecular weight excluding hydrogens is 288 g/mol. The van der Waals surface area contributed by atoms with Crippen LogP contribution in [0.5, 0.6) is 0 Å². The maximum Gasteiger partial charge on any atom is 0.263 e. The van der Waals surface area contributed by atoms with Crippen LogP contribution in [0.15, 0.2) is 10.5 Å². The highest BCUT2D eigenvalue weighted by Gasteiger charge is 2.44. The van der Waals surface area contributed by atoms with Gasteiger partial charge in [0.25, 0.3) is 5.91 Å². The van der Waals surface area contributed by atoms with Crippen molar-refractivity contribution >= 4 is 29.0 Å². The Bertz CT molecular complexity index is 478. The van der Waals surface area contributed by atoms with E-state index in [4.69, 9.17) is 0 Å². The lowest BCUT2D eigenvalue weighted by Crippen LogP contribution is -2.28. The molecule has 3 rings (SSSR count). The van der Waals surface area contributed by atoms with Crippen molar-refractivity contribution in [2.24, 2.45) is 11.3 Å². The summed E-state index contributed by atoms with van der Waals surface area (Å²) in [4.78, 5) is 17.1. The molecule has 0 aromatic carbocycles. The van der Waals surface area contributed by atoms with Gasteiger partial charge in [-0.15, -0.1) is 11.3 Å². The van der Waals surface area contributed by atoms with Gasteiger partial charge in [-0.1, -0.05) is 18.7 Å². The van der Waals surface area contributed by atoms with E-state index in [9.17, 15) is 4.79 Å². The molecule has 1 heterocycles. The van der Waals surface area contributed by atoms with Gasteiger partial charge in [-0.25, -0.2) is 4.98 Å². The third kappa shape index (κ3) is 3.03. The summed E-state index contributed by atoms with van der Waals surface area (Å²) in [5.41, 5.74) is 0.564. The summed E-state index contributed by atoms with van der Waals surface area (Å²) in [5, 5.41) is 3.08. The van der Waals surface area contributed by atoms with Gasteiger partial charge in [0, 0.05) is 6.54 Å². The van der Waals surface area contributed by atoms with E-state index in [1.807, 2.05) is 0 Å². The predicted octanol–water partition coefficient (Wildman–Crippen LogP) is 3.96. The molecule has 2 fully saturated rings. The summed E-state index contributed by atoms with van der Waals surface area (Å²) in [6, 6.07) is 0. The van der Waals surface area contributed by atoms with Gasteiger partial charge in [0.15, 0.2) is 4.34 Å². The highest BCUT2D eigenvalue weighted by atomic mass is 32.2. The molecule has 20 heavy (non-hydrogen) atoms. The first-order chi connectivity index (χ1) is 9.71. The lowest BCUT2D eigenvalue weighted by molar-refractivity contribution is 0.0950. The van der Waals surface area contributed by atoms with Crippen LogP contribution in [-0.4, -0.2) is 23.2 Å². The quantitative estimate of drug-likeness (QED) is 0.809. The fraction of sp³-hybridized carbons (Fsp3) is 0.733. The predicted molar refractivity (Wildman–Crippen MR) is 84.5 cm³/mol. The van der Waals surface area contributed by atoms with E-state index in [-0.39, 0.29) is 5.91 Å². The van der Waals surface area contributed by atoms with Crippen molar-refractivity contribution in [3.05, 3.63) is 11.1 Å². The third-order valence-electron chi connectivity index (χ3n) is 4.80. The van der Waals surface area contributed by atoms with Crippen LogP contribution >= 0.6 is 23.1 Å². The van der Waals surface area contributed by atoms with Gasteiger partial charge in [0.1, 0.15) is 4.88 Å². The van der Waals surface area contributed by atoms with Gasteiger partial charge in [-0.3, -0.25) is 4.79 Å². The van der Waals surface area contributed by atoms with E-state index in [2.05, 4.69) is 17.2 Å². The standard InChI is InChI=1S/C15H22N2OS2/c1-2-19-14-17-10-12(20-14)13(18)16-8-7-15-5-3-11(9-15)4-6-15/h10-11H,2-9H2,1H3,(H,16,18). The number of amides is 1. The van der Waals surface area contributed by atoms with E-state index in [0.717, 1.165) is 33.9 Å². The molecular formula is C15H22N2OS2. The van der Waals surface area contributed by atoms with E-state index in [1.54, 1.807) is 18.0 Å². The Morgan fingerprint density at radius 3 is 3.00 bits per heavy atom. The second-order valence-corrected chi connectivity index (χ2v) is 8.62. The molecule has 0 unspecified atom stereocenters. The van der Waals surface area contributed by atoms with Crippen molar-refractivity contribution < 1.29 is 4.79 Å². The zero-order valence-electron chi connectivity index (χ0n) is 12.0. The van der Waals surface area contributed by atoms with Crippen LogP contribution < -0.4 is 5.32 Å². The monoisotopic (exact) mass is 310 g/mol. The molecule has 0 radical (unpaired) electrons. The van der Waals surface area contributed by atoms with Crippen LogP contribution in [0.3, 0.4) is 0 Å². The summed E-state index contributed by atoms with van der Waals surface area (Å²) in [6.07, 6.45) is 9.86. The average molecular weight is 310 g/mol. The Morgan fingerprint density at radius 2 is 2.35 bits per heavy atom. The minimum atomic E-state index is 0.0504. The van der Waals surface area contributed by atoms with Gasteiger partial charge in [0.2, 0.25) is 0 Å². The molecule has 2 saturated carbocycles. The number of carbonyl (C=O) groups excluding carboxylic acids is 1. The summed E-state index contributed by atoms with van der Waals surface area (Å²) < 4.78 is 0.991. The summed E-state index contributed by atoms with van der Waals surface area (Å²) in [5.74, 6) is 2.04. The first-order valence-electron chi connectivity index (χ1n) is 7.58. The Kier molecular flexibility index (Phi) is 4.36. The molecule has 1 N–H and O–H groups in total. The van der Waals surface area contributed by atoms with Crippen molar-refractivity contribution in [3.63, 3.8) is 0 Å². The SMILES string of the molecule is CCSc1ncc(C(=O)NCCC23CCC(CC2)C3)s1. The van der Waals surface area contributed by atoms with Crippen molar-refractivity contribution in [3.8, 4) is 0 Å². The lowest BCUT2D eigenvalue weighted by Gasteiger charge is -2.26. The maximum atomic E-state index is 12.1. The van der Waals surface area contributed by atoms with Gasteiger partial charge >= 0.3 is 0 Å². The minimum Gasteiger partial charge on any atom is -0.351 e. The summed E-state index contributed by atoms with van der Waals surface area (Å²) in [6.45, 7) is 2.92. The zero-order valence-corrected chi connectivity index (χ0v) is 13.6. The maximum absolute atomic E-state index is 12.1.